The molecule has 0 bridgehead atoms. The molecule has 0 saturated heterocycles. The molecule has 0 amide bonds. The van der Waals surface area contributed by atoms with Crippen molar-refractivity contribution in [3.63, 3.8) is 0 Å². The van der Waals surface area contributed by atoms with Gasteiger partial charge in [0, 0.05) is 59.7 Å². The minimum absolute atomic E-state index is 0.0265. The predicted octanol–water partition coefficient (Wildman–Crippen LogP) is 17.0. The SMILES string of the molecule is CC(C)(C)c1ccc2c(c1)c1cc3ccccc3c3c4cc5c(nc4n2c13)c1c2ccccc2cc2c3cc(C(C)(C)C)cc(-c4ccc6c(c4)c4ccccc4n6-c4ccccc4)c3n5c21. The minimum atomic E-state index is -0.0848. The summed E-state index contributed by atoms with van der Waals surface area (Å²) >= 11 is 0. The van der Waals surface area contributed by atoms with Crippen molar-refractivity contribution in [1.29, 1.82) is 0 Å². The number of fused-ring (bicyclic) bond motifs is 19. The van der Waals surface area contributed by atoms with Gasteiger partial charge in [0.05, 0.1) is 44.1 Å². The molecule has 9 aromatic carbocycles. The number of benzene rings is 9. The van der Waals surface area contributed by atoms with Gasteiger partial charge in [0.2, 0.25) is 0 Å². The first-order valence-corrected chi connectivity index (χ1v) is 23.7. The van der Waals surface area contributed by atoms with E-state index in [-0.39, 0.29) is 10.8 Å². The highest BCUT2D eigenvalue weighted by Gasteiger charge is 2.29. The van der Waals surface area contributed by atoms with Crippen LogP contribution in [0.25, 0.3) is 137 Å². The molecule has 0 spiro atoms. The molecule has 0 aliphatic rings. The number of aromatic nitrogens is 4. The van der Waals surface area contributed by atoms with Crippen LogP contribution in [0.1, 0.15) is 52.7 Å². The molecule has 0 radical (unpaired) electrons. The Bertz CT molecular complexity index is 4620. The van der Waals surface area contributed by atoms with Crippen molar-refractivity contribution in [1.82, 2.24) is 18.4 Å². The maximum absolute atomic E-state index is 5.95. The van der Waals surface area contributed by atoms with E-state index in [0.29, 0.717) is 0 Å². The third-order valence-corrected chi connectivity index (χ3v) is 15.3. The van der Waals surface area contributed by atoms with Gasteiger partial charge in [0.1, 0.15) is 5.65 Å². The highest BCUT2D eigenvalue weighted by Crippen LogP contribution is 2.50. The lowest BCUT2D eigenvalue weighted by atomic mass is 9.84. The fourth-order valence-corrected chi connectivity index (χ4v) is 12.1. The van der Waals surface area contributed by atoms with Crippen molar-refractivity contribution in [2.75, 3.05) is 0 Å². The Morgan fingerprint density at radius 1 is 0.373 bits per heavy atom. The van der Waals surface area contributed by atoms with Gasteiger partial charge in [-0.25, -0.2) is 4.98 Å². The molecule has 0 saturated carbocycles. The van der Waals surface area contributed by atoms with Gasteiger partial charge >= 0.3 is 0 Å². The molecule has 15 rings (SSSR count). The summed E-state index contributed by atoms with van der Waals surface area (Å²) < 4.78 is 7.48. The maximum Gasteiger partial charge on any atom is 0.146 e. The lowest BCUT2D eigenvalue weighted by Crippen LogP contribution is -2.11. The average Bonchev–Trinajstić information content (AvgIpc) is 4.12. The van der Waals surface area contributed by atoms with Crippen LogP contribution in [0.3, 0.4) is 0 Å². The number of nitrogens with zero attached hydrogens (tertiary/aromatic N) is 4. The topological polar surface area (TPSA) is 26.6 Å². The molecule has 4 heteroatoms. The van der Waals surface area contributed by atoms with Gasteiger partial charge in [-0.15, -0.1) is 0 Å². The van der Waals surface area contributed by atoms with Gasteiger partial charge in [-0.2, -0.15) is 0 Å². The normalized spacial score (nSPS) is 13.2. The van der Waals surface area contributed by atoms with Gasteiger partial charge < -0.3 is 8.97 Å². The van der Waals surface area contributed by atoms with Crippen molar-refractivity contribution >= 4 is 120 Å². The van der Waals surface area contributed by atoms with Crippen molar-refractivity contribution in [2.24, 2.45) is 0 Å². The Labute approximate surface area is 386 Å². The van der Waals surface area contributed by atoms with Crippen LogP contribution in [0, 0.1) is 0 Å². The van der Waals surface area contributed by atoms with Gasteiger partial charge in [-0.3, -0.25) is 4.40 Å². The summed E-state index contributed by atoms with van der Waals surface area (Å²) in [4.78, 5) is 5.95. The maximum atomic E-state index is 5.95. The second-order valence-electron chi connectivity index (χ2n) is 21.2. The van der Waals surface area contributed by atoms with E-state index >= 15 is 0 Å². The zero-order valence-electron chi connectivity index (χ0n) is 38.5. The van der Waals surface area contributed by atoms with Gasteiger partial charge in [-0.1, -0.05) is 139 Å². The molecule has 0 atom stereocenters. The summed E-state index contributed by atoms with van der Waals surface area (Å²) in [6, 6.07) is 64.1. The second kappa shape index (κ2) is 12.5. The molecule has 0 unspecified atom stereocenters. The molecular formula is C63H46N4. The van der Waals surface area contributed by atoms with Gasteiger partial charge in [0.25, 0.3) is 0 Å². The summed E-state index contributed by atoms with van der Waals surface area (Å²) in [5.41, 5.74) is 16.8. The van der Waals surface area contributed by atoms with E-state index in [4.69, 9.17) is 4.98 Å². The standard InChI is InChI=1S/C63H46N4/c1-62(2,3)38-25-27-53-46(31-38)47-29-35-16-10-12-20-41(35)55-50-34-54-57(64-61(50)67(53)59(47)55)56-42-21-13-11-17-36(42)30-48-49-33-39(63(4,5)6)32-44(58(49)66(54)60(48)56)37-24-26-52-45(28-37)43-22-14-15-23-51(43)65(52)40-18-8-7-9-19-40/h7-34H,1-6H3. The first-order valence-electron chi connectivity index (χ1n) is 23.7. The molecule has 0 aliphatic heterocycles. The zero-order chi connectivity index (χ0) is 44.8. The number of hydrogen-bond acceptors (Lipinski definition) is 1. The van der Waals surface area contributed by atoms with Crippen LogP contribution in [-0.4, -0.2) is 18.4 Å². The molecule has 0 N–H and O–H groups in total. The fraction of sp³-hybridized carbons (Fsp3) is 0.127. The molecule has 318 valence electrons. The zero-order valence-corrected chi connectivity index (χ0v) is 38.5. The quantitative estimate of drug-likeness (QED) is 0.170. The third kappa shape index (κ3) is 4.79. The van der Waals surface area contributed by atoms with Crippen molar-refractivity contribution in [3.05, 3.63) is 181 Å². The van der Waals surface area contributed by atoms with Crippen molar-refractivity contribution in [2.45, 2.75) is 52.4 Å². The predicted molar refractivity (Wildman–Crippen MR) is 286 cm³/mol. The Morgan fingerprint density at radius 2 is 0.955 bits per heavy atom. The lowest BCUT2D eigenvalue weighted by molar-refractivity contribution is 0.591. The molecule has 15 aromatic rings. The van der Waals surface area contributed by atoms with Crippen LogP contribution in [0.5, 0.6) is 0 Å². The summed E-state index contributed by atoms with van der Waals surface area (Å²) in [7, 11) is 0. The molecule has 6 aromatic heterocycles. The molecule has 6 heterocycles. The fourth-order valence-electron chi connectivity index (χ4n) is 12.1. The van der Waals surface area contributed by atoms with E-state index in [0.717, 1.165) is 16.7 Å². The van der Waals surface area contributed by atoms with Crippen molar-refractivity contribution < 1.29 is 0 Å². The molecule has 4 nitrogen and oxygen atoms in total. The summed E-state index contributed by atoms with van der Waals surface area (Å²) in [5.74, 6) is 0. The van der Waals surface area contributed by atoms with Crippen LogP contribution in [-0.2, 0) is 10.8 Å². The van der Waals surface area contributed by atoms with E-state index in [2.05, 4.69) is 225 Å². The van der Waals surface area contributed by atoms with Crippen LogP contribution >= 0.6 is 0 Å². The van der Waals surface area contributed by atoms with E-state index in [1.807, 2.05) is 0 Å². The Hall–Kier alpha value is -7.95. The lowest BCUT2D eigenvalue weighted by Gasteiger charge is -2.21. The number of rotatable bonds is 2. The Morgan fingerprint density at radius 3 is 1.70 bits per heavy atom. The summed E-state index contributed by atoms with van der Waals surface area (Å²) in [5, 5.41) is 16.3. The monoisotopic (exact) mass is 858 g/mol. The largest absolute Gasteiger partial charge is 0.309 e. The average molecular weight is 859 g/mol. The molecule has 0 aliphatic carbocycles. The van der Waals surface area contributed by atoms with Crippen molar-refractivity contribution in [3.8, 4) is 16.8 Å². The smallest absolute Gasteiger partial charge is 0.146 e. The molecule has 0 fully saturated rings. The van der Waals surface area contributed by atoms with E-state index < -0.39 is 0 Å². The van der Waals surface area contributed by atoms with E-state index in [9.17, 15) is 0 Å². The van der Waals surface area contributed by atoms with E-state index in [1.54, 1.807) is 0 Å². The van der Waals surface area contributed by atoms with Gasteiger partial charge in [-0.05, 0) is 122 Å². The highest BCUT2D eigenvalue weighted by atomic mass is 15.0. The second-order valence-corrected chi connectivity index (χ2v) is 21.2. The summed E-state index contributed by atoms with van der Waals surface area (Å²) in [6.45, 7) is 14.0. The number of para-hydroxylation sites is 2. The Balaban J connectivity index is 1.13. The van der Waals surface area contributed by atoms with Crippen LogP contribution < -0.4 is 0 Å². The number of hydrogen-bond donors (Lipinski definition) is 0. The first kappa shape index (κ1) is 37.3. The van der Waals surface area contributed by atoms with Crippen LogP contribution in [0.4, 0.5) is 0 Å². The first-order chi connectivity index (χ1) is 32.5. The minimum Gasteiger partial charge on any atom is -0.309 e. The molecular weight excluding hydrogens is 813 g/mol. The number of pyridine rings is 1. The Kier molecular flexibility index (Phi) is 6.94. The summed E-state index contributed by atoms with van der Waals surface area (Å²) in [6.07, 6.45) is 0. The van der Waals surface area contributed by atoms with Crippen LogP contribution in [0.15, 0.2) is 170 Å². The van der Waals surface area contributed by atoms with Gasteiger partial charge in [0.15, 0.2) is 0 Å². The molecule has 67 heavy (non-hydrogen) atoms. The highest BCUT2D eigenvalue weighted by molar-refractivity contribution is 6.35. The van der Waals surface area contributed by atoms with E-state index in [1.165, 1.54) is 131 Å². The third-order valence-electron chi connectivity index (χ3n) is 15.3. The van der Waals surface area contributed by atoms with Crippen LogP contribution in [0.2, 0.25) is 0 Å².